The number of rotatable bonds is 13. The number of nitrogens with zero attached hydrogens (tertiary/aromatic N) is 3. The van der Waals surface area contributed by atoms with Crippen LogP contribution in [-0.4, -0.2) is 55.8 Å². The maximum Gasteiger partial charge on any atom is 0.273 e. The van der Waals surface area contributed by atoms with Gasteiger partial charge in [0.1, 0.15) is 18.3 Å². The molecule has 0 aliphatic carbocycles. The minimum atomic E-state index is -4.49. The summed E-state index contributed by atoms with van der Waals surface area (Å²) in [5.74, 6) is -0.504. The smallest absolute Gasteiger partial charge is 0.273 e. The van der Waals surface area contributed by atoms with E-state index in [0.717, 1.165) is 21.5 Å². The van der Waals surface area contributed by atoms with Crippen LogP contribution in [0.15, 0.2) is 71.6 Å². The number of amides is 2. The van der Waals surface area contributed by atoms with E-state index in [1.54, 1.807) is 19.1 Å². The van der Waals surface area contributed by atoms with Crippen LogP contribution in [0.3, 0.4) is 0 Å². The third kappa shape index (κ3) is 8.10. The van der Waals surface area contributed by atoms with Gasteiger partial charge in [-0.15, -0.1) is 0 Å². The lowest BCUT2D eigenvalue weighted by atomic mass is 10.1. The number of carbonyl (C=O) groups is 2. The van der Waals surface area contributed by atoms with Gasteiger partial charge in [0.05, 0.1) is 22.6 Å². The predicted octanol–water partition coefficient (Wildman–Crippen LogP) is 4.75. The molecule has 0 heterocycles. The number of nitrogens with one attached hydrogen (secondary N) is 1. The molecule has 1 unspecified atom stereocenters. The molecule has 230 valence electrons. The Balaban J connectivity index is 2.13. The Hall–Kier alpha value is -4.45. The normalized spacial score (nSPS) is 12.0. The van der Waals surface area contributed by atoms with E-state index in [2.05, 4.69) is 5.32 Å². The van der Waals surface area contributed by atoms with E-state index in [1.165, 1.54) is 43.2 Å². The summed E-state index contributed by atoms with van der Waals surface area (Å²) < 4.78 is 34.3. The van der Waals surface area contributed by atoms with E-state index in [1.807, 2.05) is 45.0 Å². The van der Waals surface area contributed by atoms with Gasteiger partial charge in [0.2, 0.25) is 11.8 Å². The highest BCUT2D eigenvalue weighted by Gasteiger charge is 2.34. The van der Waals surface area contributed by atoms with E-state index in [-0.39, 0.29) is 41.2 Å². The number of hydrogen-bond acceptors (Lipinski definition) is 7. The molecule has 0 saturated heterocycles. The Labute approximate surface area is 252 Å². The van der Waals surface area contributed by atoms with Crippen LogP contribution in [0.4, 0.5) is 11.4 Å². The number of sulfonamides is 1. The molecular formula is C31H38N4O7S. The molecule has 0 spiro atoms. The first-order chi connectivity index (χ1) is 20.3. The fraction of sp³-hybridized carbons (Fsp3) is 0.355. The van der Waals surface area contributed by atoms with Crippen LogP contribution in [-0.2, 0) is 26.2 Å². The predicted molar refractivity (Wildman–Crippen MR) is 164 cm³/mol. The molecule has 3 rings (SSSR count). The second kappa shape index (κ2) is 14.1. The van der Waals surface area contributed by atoms with E-state index >= 15 is 0 Å². The maximum absolute atomic E-state index is 14.1. The number of nitro groups is 1. The van der Waals surface area contributed by atoms with Crippen molar-refractivity contribution in [3.8, 4) is 5.75 Å². The molecule has 0 aromatic heterocycles. The van der Waals surface area contributed by atoms with Gasteiger partial charge in [-0.05, 0) is 70.0 Å². The highest BCUT2D eigenvalue weighted by molar-refractivity contribution is 7.92. The van der Waals surface area contributed by atoms with Crippen LogP contribution >= 0.6 is 0 Å². The van der Waals surface area contributed by atoms with Crippen molar-refractivity contribution in [1.82, 2.24) is 10.2 Å². The van der Waals surface area contributed by atoms with Gasteiger partial charge in [0, 0.05) is 24.2 Å². The number of benzene rings is 3. The number of methoxy groups -OCH3 is 1. The van der Waals surface area contributed by atoms with Crippen LogP contribution in [0.25, 0.3) is 0 Å². The van der Waals surface area contributed by atoms with Gasteiger partial charge in [-0.2, -0.15) is 0 Å². The number of nitro benzene ring substituents is 1. The first-order valence-corrected chi connectivity index (χ1v) is 15.3. The number of ether oxygens (including phenoxy) is 1. The van der Waals surface area contributed by atoms with Gasteiger partial charge >= 0.3 is 0 Å². The second-order valence-electron chi connectivity index (χ2n) is 10.5. The van der Waals surface area contributed by atoms with Crippen molar-refractivity contribution in [3.63, 3.8) is 0 Å². The monoisotopic (exact) mass is 610 g/mol. The van der Waals surface area contributed by atoms with Crippen molar-refractivity contribution >= 4 is 33.2 Å². The lowest BCUT2D eigenvalue weighted by molar-refractivity contribution is -0.385. The fourth-order valence-electron chi connectivity index (χ4n) is 4.66. The first-order valence-electron chi connectivity index (χ1n) is 13.9. The third-order valence-corrected chi connectivity index (χ3v) is 8.63. The van der Waals surface area contributed by atoms with Crippen molar-refractivity contribution in [2.75, 3.05) is 18.0 Å². The Morgan fingerprint density at radius 3 is 2.26 bits per heavy atom. The summed E-state index contributed by atoms with van der Waals surface area (Å²) in [6.07, 6.45) is 0.287. The quantitative estimate of drug-likeness (QED) is 0.218. The zero-order chi connectivity index (χ0) is 31.9. The lowest BCUT2D eigenvalue weighted by Crippen LogP contribution is -2.53. The summed E-state index contributed by atoms with van der Waals surface area (Å²) in [4.78, 5) is 39.4. The summed E-state index contributed by atoms with van der Waals surface area (Å²) in [7, 11) is -3.02. The first kappa shape index (κ1) is 33.1. The van der Waals surface area contributed by atoms with Crippen LogP contribution in [0.1, 0.15) is 43.9 Å². The van der Waals surface area contributed by atoms with Gasteiger partial charge in [0.25, 0.3) is 15.7 Å². The summed E-state index contributed by atoms with van der Waals surface area (Å²) in [6, 6.07) is 16.1. The summed E-state index contributed by atoms with van der Waals surface area (Å²) in [6.45, 7) is 8.24. The molecule has 1 atom stereocenters. The number of hydrogen-bond donors (Lipinski definition) is 1. The summed E-state index contributed by atoms with van der Waals surface area (Å²) in [5, 5.41) is 14.5. The van der Waals surface area contributed by atoms with Gasteiger partial charge in [-0.25, -0.2) is 8.42 Å². The average Bonchev–Trinajstić information content (AvgIpc) is 2.95. The van der Waals surface area contributed by atoms with Crippen LogP contribution in [0.5, 0.6) is 5.75 Å². The molecule has 0 radical (unpaired) electrons. The van der Waals surface area contributed by atoms with Crippen molar-refractivity contribution in [1.29, 1.82) is 0 Å². The third-order valence-electron chi connectivity index (χ3n) is 6.86. The second-order valence-corrected chi connectivity index (χ2v) is 12.4. The molecule has 0 fully saturated rings. The molecule has 12 heteroatoms. The molecule has 43 heavy (non-hydrogen) atoms. The summed E-state index contributed by atoms with van der Waals surface area (Å²) in [5.41, 5.74) is 1.82. The molecule has 3 aromatic carbocycles. The zero-order valence-corrected chi connectivity index (χ0v) is 26.1. The van der Waals surface area contributed by atoms with Gasteiger partial charge in [-0.3, -0.25) is 24.0 Å². The van der Waals surface area contributed by atoms with Crippen molar-refractivity contribution in [2.24, 2.45) is 0 Å². The van der Waals surface area contributed by atoms with E-state index in [0.29, 0.717) is 11.3 Å². The molecular weight excluding hydrogens is 572 g/mol. The van der Waals surface area contributed by atoms with Gasteiger partial charge in [0.15, 0.2) is 0 Å². The van der Waals surface area contributed by atoms with Crippen molar-refractivity contribution in [2.45, 2.75) is 64.6 Å². The Bertz CT molecular complexity index is 1570. The molecule has 3 aromatic rings. The topological polar surface area (TPSA) is 139 Å². The van der Waals surface area contributed by atoms with E-state index in [4.69, 9.17) is 4.74 Å². The molecule has 2 amide bonds. The SMILES string of the molecule is CCC(C(=O)NC(C)C)N(Cc1cccc(C)c1)C(=O)CN(c1ccc(OC)cc1)S(=O)(=O)c1ccc(C)c([N+](=O)[O-])c1. The Kier molecular flexibility index (Phi) is 10.9. The van der Waals surface area contributed by atoms with Crippen molar-refractivity contribution < 1.29 is 27.7 Å². The molecule has 1 N–H and O–H groups in total. The number of anilines is 1. The highest BCUT2D eigenvalue weighted by Crippen LogP contribution is 2.29. The standard InChI is InChI=1S/C31H38N4O7S/c1-7-28(31(37)32-21(2)3)33(19-24-10-8-9-22(4)17-24)30(36)20-34(25-12-14-26(42-6)15-13-25)43(40,41)27-16-11-23(5)29(18-27)35(38)39/h8-18,21,28H,7,19-20H2,1-6H3,(H,32,37). The largest absolute Gasteiger partial charge is 0.497 e. The fourth-order valence-corrected chi connectivity index (χ4v) is 6.09. The molecule has 0 aliphatic heterocycles. The molecule has 0 saturated carbocycles. The maximum atomic E-state index is 14.1. The van der Waals surface area contributed by atoms with E-state index in [9.17, 15) is 28.1 Å². The lowest BCUT2D eigenvalue weighted by Gasteiger charge is -2.33. The number of aryl methyl sites for hydroxylation is 2. The number of carbonyl (C=O) groups excluding carboxylic acids is 2. The average molecular weight is 611 g/mol. The summed E-state index contributed by atoms with van der Waals surface area (Å²) >= 11 is 0. The zero-order valence-electron chi connectivity index (χ0n) is 25.2. The highest BCUT2D eigenvalue weighted by atomic mass is 32.2. The minimum absolute atomic E-state index is 0.0665. The van der Waals surface area contributed by atoms with Crippen molar-refractivity contribution in [3.05, 3.63) is 93.5 Å². The van der Waals surface area contributed by atoms with E-state index < -0.39 is 33.4 Å². The van der Waals surface area contributed by atoms with Crippen LogP contribution < -0.4 is 14.4 Å². The van der Waals surface area contributed by atoms with Gasteiger partial charge in [-0.1, -0.05) is 42.8 Å². The molecule has 11 nitrogen and oxygen atoms in total. The van der Waals surface area contributed by atoms with Crippen LogP contribution in [0.2, 0.25) is 0 Å². The minimum Gasteiger partial charge on any atom is -0.497 e. The molecule has 0 aliphatic rings. The van der Waals surface area contributed by atoms with Crippen LogP contribution in [0, 0.1) is 24.0 Å². The van der Waals surface area contributed by atoms with Gasteiger partial charge < -0.3 is 15.0 Å². The Morgan fingerprint density at radius 1 is 1.02 bits per heavy atom. The molecule has 0 bridgehead atoms. The Morgan fingerprint density at radius 2 is 1.70 bits per heavy atom.